The minimum atomic E-state index is 0.142. The Morgan fingerprint density at radius 3 is 2.64 bits per heavy atom. The van der Waals surface area contributed by atoms with Gasteiger partial charge in [-0.25, -0.2) is 4.68 Å². The Kier molecular flexibility index (Phi) is 5.57. The van der Waals surface area contributed by atoms with Crippen LogP contribution in [0, 0.1) is 0 Å². The molecule has 0 radical (unpaired) electrons. The summed E-state index contributed by atoms with van der Waals surface area (Å²) in [5.74, 6) is 0.142. The number of aromatic nitrogens is 3. The van der Waals surface area contributed by atoms with Crippen LogP contribution in [-0.2, 0) is 17.6 Å². The van der Waals surface area contributed by atoms with Crippen LogP contribution in [0.3, 0.4) is 0 Å². The van der Waals surface area contributed by atoms with Gasteiger partial charge in [0.1, 0.15) is 0 Å². The zero-order valence-electron chi connectivity index (χ0n) is 14.4. The van der Waals surface area contributed by atoms with Crippen molar-refractivity contribution in [1.82, 2.24) is 19.7 Å². The number of hydrogen-bond acceptors (Lipinski definition) is 3. The zero-order valence-corrected chi connectivity index (χ0v) is 14.4. The smallest absolute Gasteiger partial charge is 0.222 e. The van der Waals surface area contributed by atoms with Crippen LogP contribution < -0.4 is 0 Å². The highest BCUT2D eigenvalue weighted by atomic mass is 16.2. The van der Waals surface area contributed by atoms with Gasteiger partial charge in [0.25, 0.3) is 0 Å². The molecule has 0 bridgehead atoms. The van der Waals surface area contributed by atoms with Crippen molar-refractivity contribution < 1.29 is 4.79 Å². The summed E-state index contributed by atoms with van der Waals surface area (Å²) < 4.78 is 1.84. The van der Waals surface area contributed by atoms with Crippen LogP contribution in [0.4, 0.5) is 0 Å². The predicted octanol–water partition coefficient (Wildman–Crippen LogP) is 2.90. The highest BCUT2D eigenvalue weighted by molar-refractivity contribution is 5.76. The third-order valence-corrected chi connectivity index (χ3v) is 4.14. The number of para-hydroxylation sites is 1. The fourth-order valence-corrected chi connectivity index (χ4v) is 2.61. The summed E-state index contributed by atoms with van der Waals surface area (Å²) in [6, 6.07) is 15.8. The van der Waals surface area contributed by atoms with Crippen LogP contribution in [0.5, 0.6) is 0 Å². The molecule has 0 aliphatic rings. The van der Waals surface area contributed by atoms with Crippen LogP contribution in [0.25, 0.3) is 5.69 Å². The lowest BCUT2D eigenvalue weighted by molar-refractivity contribution is -0.129. The largest absolute Gasteiger partial charge is 0.345 e. The van der Waals surface area contributed by atoms with Crippen LogP contribution in [-0.4, -0.2) is 39.2 Å². The molecule has 25 heavy (non-hydrogen) atoms. The molecular formula is C20H22N4O. The van der Waals surface area contributed by atoms with E-state index in [0.717, 1.165) is 23.4 Å². The Hall–Kier alpha value is -2.95. The molecule has 3 aromatic rings. The SMILES string of the molecule is CN(CCc1ccccn1)C(=O)CCc1cnn(-c2ccccc2)c1. The quantitative estimate of drug-likeness (QED) is 0.667. The van der Waals surface area contributed by atoms with E-state index in [-0.39, 0.29) is 5.91 Å². The van der Waals surface area contributed by atoms with Crippen LogP contribution >= 0.6 is 0 Å². The topological polar surface area (TPSA) is 51.0 Å². The molecule has 0 aliphatic carbocycles. The van der Waals surface area contributed by atoms with Gasteiger partial charge in [0, 0.05) is 44.5 Å². The third-order valence-electron chi connectivity index (χ3n) is 4.14. The molecule has 5 heteroatoms. The minimum absolute atomic E-state index is 0.142. The fourth-order valence-electron chi connectivity index (χ4n) is 2.61. The molecule has 1 amide bonds. The monoisotopic (exact) mass is 334 g/mol. The second-order valence-electron chi connectivity index (χ2n) is 6.02. The van der Waals surface area contributed by atoms with Gasteiger partial charge >= 0.3 is 0 Å². The lowest BCUT2D eigenvalue weighted by atomic mass is 10.2. The second-order valence-corrected chi connectivity index (χ2v) is 6.02. The number of carbonyl (C=O) groups excluding carboxylic acids is 1. The van der Waals surface area contributed by atoms with E-state index in [1.807, 2.05) is 72.7 Å². The first-order valence-corrected chi connectivity index (χ1v) is 8.45. The Bertz CT molecular complexity index is 799. The van der Waals surface area contributed by atoms with Crippen molar-refractivity contribution in [3.05, 3.63) is 78.4 Å². The minimum Gasteiger partial charge on any atom is -0.345 e. The molecule has 0 saturated carbocycles. The van der Waals surface area contributed by atoms with Crippen molar-refractivity contribution in [2.24, 2.45) is 0 Å². The summed E-state index contributed by atoms with van der Waals surface area (Å²) in [5.41, 5.74) is 3.09. The van der Waals surface area contributed by atoms with E-state index in [1.54, 1.807) is 11.1 Å². The summed E-state index contributed by atoms with van der Waals surface area (Å²) in [6.45, 7) is 0.680. The van der Waals surface area contributed by atoms with Gasteiger partial charge in [-0.2, -0.15) is 5.10 Å². The summed E-state index contributed by atoms with van der Waals surface area (Å²) in [6.07, 6.45) is 7.54. The summed E-state index contributed by atoms with van der Waals surface area (Å²) in [5, 5.41) is 4.37. The van der Waals surface area contributed by atoms with Gasteiger partial charge in [0.15, 0.2) is 0 Å². The average molecular weight is 334 g/mol. The maximum absolute atomic E-state index is 12.3. The molecule has 0 atom stereocenters. The number of likely N-dealkylation sites (N-methyl/N-ethyl adjacent to an activating group) is 1. The highest BCUT2D eigenvalue weighted by Crippen LogP contribution is 2.10. The molecule has 128 valence electrons. The maximum Gasteiger partial charge on any atom is 0.222 e. The third kappa shape index (κ3) is 4.76. The van der Waals surface area contributed by atoms with Gasteiger partial charge in [-0.1, -0.05) is 24.3 Å². The van der Waals surface area contributed by atoms with E-state index in [4.69, 9.17) is 0 Å². The Balaban J connectivity index is 1.48. The number of pyridine rings is 1. The van der Waals surface area contributed by atoms with Crippen LogP contribution in [0.1, 0.15) is 17.7 Å². The molecule has 5 nitrogen and oxygen atoms in total. The highest BCUT2D eigenvalue weighted by Gasteiger charge is 2.10. The number of hydrogen-bond donors (Lipinski definition) is 0. The van der Waals surface area contributed by atoms with Gasteiger partial charge in [-0.05, 0) is 36.2 Å². The lowest BCUT2D eigenvalue weighted by Crippen LogP contribution is -2.29. The number of carbonyl (C=O) groups is 1. The van der Waals surface area contributed by atoms with Crippen LogP contribution in [0.2, 0.25) is 0 Å². The van der Waals surface area contributed by atoms with E-state index < -0.39 is 0 Å². The van der Waals surface area contributed by atoms with E-state index >= 15 is 0 Å². The predicted molar refractivity (Wildman–Crippen MR) is 97.5 cm³/mol. The molecule has 0 fully saturated rings. The van der Waals surface area contributed by atoms with E-state index in [2.05, 4.69) is 10.1 Å². The Morgan fingerprint density at radius 2 is 1.88 bits per heavy atom. The fraction of sp³-hybridized carbons (Fsp3) is 0.250. The van der Waals surface area contributed by atoms with Crippen molar-refractivity contribution >= 4 is 5.91 Å². The van der Waals surface area contributed by atoms with Crippen molar-refractivity contribution in [3.63, 3.8) is 0 Å². The summed E-state index contributed by atoms with van der Waals surface area (Å²) in [7, 11) is 1.85. The zero-order chi connectivity index (χ0) is 17.5. The van der Waals surface area contributed by atoms with Crippen molar-refractivity contribution in [3.8, 4) is 5.69 Å². The van der Waals surface area contributed by atoms with Crippen molar-refractivity contribution in [2.75, 3.05) is 13.6 Å². The van der Waals surface area contributed by atoms with Gasteiger partial charge in [0.05, 0.1) is 11.9 Å². The van der Waals surface area contributed by atoms with E-state index in [9.17, 15) is 4.79 Å². The van der Waals surface area contributed by atoms with Crippen molar-refractivity contribution in [2.45, 2.75) is 19.3 Å². The Morgan fingerprint density at radius 1 is 1.08 bits per heavy atom. The summed E-state index contributed by atoms with van der Waals surface area (Å²) >= 11 is 0. The second kappa shape index (κ2) is 8.24. The first-order chi connectivity index (χ1) is 12.2. The number of nitrogens with zero attached hydrogens (tertiary/aromatic N) is 4. The molecular weight excluding hydrogens is 312 g/mol. The lowest BCUT2D eigenvalue weighted by Gasteiger charge is -2.16. The molecule has 1 aromatic carbocycles. The molecule has 0 N–H and O–H groups in total. The van der Waals surface area contributed by atoms with Gasteiger partial charge < -0.3 is 4.90 Å². The molecule has 2 heterocycles. The standard InChI is InChI=1S/C20H22N4O/c1-23(14-12-18-7-5-6-13-21-18)20(25)11-10-17-15-22-24(16-17)19-8-3-2-4-9-19/h2-9,13,15-16H,10-12,14H2,1H3. The first kappa shape index (κ1) is 16.9. The molecule has 0 spiro atoms. The normalized spacial score (nSPS) is 10.6. The molecule has 2 aromatic heterocycles. The van der Waals surface area contributed by atoms with Crippen LogP contribution in [0.15, 0.2) is 67.1 Å². The molecule has 0 unspecified atom stereocenters. The van der Waals surface area contributed by atoms with E-state index in [1.165, 1.54) is 0 Å². The van der Waals surface area contributed by atoms with Crippen molar-refractivity contribution in [1.29, 1.82) is 0 Å². The summed E-state index contributed by atoms with van der Waals surface area (Å²) in [4.78, 5) is 18.4. The van der Waals surface area contributed by atoms with Gasteiger partial charge in [-0.15, -0.1) is 0 Å². The number of rotatable bonds is 7. The van der Waals surface area contributed by atoms with E-state index in [0.29, 0.717) is 19.4 Å². The average Bonchev–Trinajstić information content (AvgIpc) is 3.15. The first-order valence-electron chi connectivity index (χ1n) is 8.45. The molecule has 3 rings (SSSR count). The number of amides is 1. The molecule has 0 saturated heterocycles. The Labute approximate surface area is 147 Å². The number of benzene rings is 1. The molecule has 0 aliphatic heterocycles. The van der Waals surface area contributed by atoms with Gasteiger partial charge in [0.2, 0.25) is 5.91 Å². The maximum atomic E-state index is 12.3. The van der Waals surface area contributed by atoms with Gasteiger partial charge in [-0.3, -0.25) is 9.78 Å². The number of aryl methyl sites for hydroxylation is 1.